The molecule has 13 heavy (non-hydrogen) atoms. The second-order valence-corrected chi connectivity index (χ2v) is 4.73. The predicted octanol–water partition coefficient (Wildman–Crippen LogP) is 4.23. The topological polar surface area (TPSA) is 0 Å². The molecule has 2 aliphatic carbocycles. The summed E-state index contributed by atoms with van der Waals surface area (Å²) in [5.74, 6) is 0.912. The average molecular weight is 176 g/mol. The van der Waals surface area contributed by atoms with E-state index in [4.69, 9.17) is 0 Å². The van der Waals surface area contributed by atoms with Crippen LogP contribution >= 0.6 is 0 Å². The first-order valence-electron chi connectivity index (χ1n) is 5.65. The Morgan fingerprint density at radius 2 is 2.15 bits per heavy atom. The van der Waals surface area contributed by atoms with E-state index < -0.39 is 0 Å². The zero-order chi connectivity index (χ0) is 9.26. The summed E-state index contributed by atoms with van der Waals surface area (Å²) in [6, 6.07) is 0. The molecule has 2 rings (SSSR count). The molecular formula is C13H20. The maximum Gasteiger partial charge on any atom is -0.0253 e. The quantitative estimate of drug-likeness (QED) is 0.518. The van der Waals surface area contributed by atoms with Gasteiger partial charge >= 0.3 is 0 Å². The molecule has 0 aromatic carbocycles. The van der Waals surface area contributed by atoms with E-state index in [2.05, 4.69) is 19.9 Å². The Hall–Kier alpha value is -0.520. The summed E-state index contributed by atoms with van der Waals surface area (Å²) < 4.78 is 0. The molecule has 0 amide bonds. The Morgan fingerprint density at radius 3 is 3.00 bits per heavy atom. The smallest absolute Gasteiger partial charge is 0.0253 e. The highest BCUT2D eigenvalue weighted by molar-refractivity contribution is 5.38. The number of fused-ring (bicyclic) bond motifs is 1. The van der Waals surface area contributed by atoms with Gasteiger partial charge in [0.25, 0.3) is 0 Å². The standard InChI is InChI=1S/C13H20/c1-10-5-3-8-13-11(2)6-4-7-12(13)9-10/h7,10H,3-6,8-9H2,1-2H3. The fourth-order valence-corrected chi connectivity index (χ4v) is 2.70. The third-order valence-electron chi connectivity index (χ3n) is 3.50. The van der Waals surface area contributed by atoms with Gasteiger partial charge < -0.3 is 0 Å². The predicted molar refractivity (Wildman–Crippen MR) is 57.6 cm³/mol. The highest BCUT2D eigenvalue weighted by atomic mass is 14.2. The van der Waals surface area contributed by atoms with Crippen molar-refractivity contribution in [2.24, 2.45) is 5.92 Å². The summed E-state index contributed by atoms with van der Waals surface area (Å²) in [4.78, 5) is 0. The SMILES string of the molecule is CC1=C2CCCC(C)CC2=CCC1. The van der Waals surface area contributed by atoms with Gasteiger partial charge in [-0.2, -0.15) is 0 Å². The van der Waals surface area contributed by atoms with Crippen LogP contribution in [0.3, 0.4) is 0 Å². The van der Waals surface area contributed by atoms with Gasteiger partial charge in [-0.15, -0.1) is 0 Å². The van der Waals surface area contributed by atoms with Gasteiger partial charge in [0, 0.05) is 0 Å². The number of rotatable bonds is 0. The fourth-order valence-electron chi connectivity index (χ4n) is 2.70. The van der Waals surface area contributed by atoms with E-state index in [1.54, 1.807) is 16.7 Å². The van der Waals surface area contributed by atoms with Gasteiger partial charge in [0.2, 0.25) is 0 Å². The van der Waals surface area contributed by atoms with Gasteiger partial charge in [-0.1, -0.05) is 25.0 Å². The van der Waals surface area contributed by atoms with Crippen LogP contribution in [0.2, 0.25) is 0 Å². The number of hydrogen-bond donors (Lipinski definition) is 0. The van der Waals surface area contributed by atoms with Gasteiger partial charge in [0.1, 0.15) is 0 Å². The molecule has 0 nitrogen and oxygen atoms in total. The van der Waals surface area contributed by atoms with Crippen LogP contribution in [0.5, 0.6) is 0 Å². The minimum atomic E-state index is 0.912. The van der Waals surface area contributed by atoms with E-state index in [-0.39, 0.29) is 0 Å². The lowest BCUT2D eigenvalue weighted by atomic mass is 9.87. The van der Waals surface area contributed by atoms with E-state index in [0.717, 1.165) is 5.92 Å². The van der Waals surface area contributed by atoms with Crippen LogP contribution in [0.4, 0.5) is 0 Å². The summed E-state index contributed by atoms with van der Waals surface area (Å²) in [6.45, 7) is 4.73. The lowest BCUT2D eigenvalue weighted by Crippen LogP contribution is -2.00. The molecule has 1 unspecified atom stereocenters. The van der Waals surface area contributed by atoms with Crippen molar-refractivity contribution in [2.45, 2.75) is 52.4 Å². The monoisotopic (exact) mass is 176 g/mol. The zero-order valence-corrected chi connectivity index (χ0v) is 8.90. The number of allylic oxidation sites excluding steroid dienone is 4. The van der Waals surface area contributed by atoms with E-state index in [9.17, 15) is 0 Å². The molecular weight excluding hydrogens is 156 g/mol. The van der Waals surface area contributed by atoms with Gasteiger partial charge in [0.15, 0.2) is 0 Å². The first kappa shape index (κ1) is 9.05. The molecule has 2 aliphatic rings. The van der Waals surface area contributed by atoms with Crippen LogP contribution in [-0.2, 0) is 0 Å². The van der Waals surface area contributed by atoms with E-state index in [0.29, 0.717) is 0 Å². The molecule has 0 aromatic rings. The van der Waals surface area contributed by atoms with E-state index >= 15 is 0 Å². The normalized spacial score (nSPS) is 29.4. The molecule has 0 spiro atoms. The van der Waals surface area contributed by atoms with Crippen molar-refractivity contribution in [2.75, 3.05) is 0 Å². The summed E-state index contributed by atoms with van der Waals surface area (Å²) in [6.07, 6.45) is 10.6. The van der Waals surface area contributed by atoms with Crippen molar-refractivity contribution < 1.29 is 0 Å². The third-order valence-corrected chi connectivity index (χ3v) is 3.50. The van der Waals surface area contributed by atoms with Gasteiger partial charge in [-0.3, -0.25) is 0 Å². The van der Waals surface area contributed by atoms with Crippen molar-refractivity contribution in [1.82, 2.24) is 0 Å². The first-order chi connectivity index (χ1) is 6.27. The maximum absolute atomic E-state index is 2.49. The maximum atomic E-state index is 2.49. The highest BCUT2D eigenvalue weighted by Crippen LogP contribution is 2.36. The average Bonchev–Trinajstić information content (AvgIpc) is 2.27. The minimum absolute atomic E-state index is 0.912. The van der Waals surface area contributed by atoms with Crippen molar-refractivity contribution in [1.29, 1.82) is 0 Å². The summed E-state index contributed by atoms with van der Waals surface area (Å²) in [5.41, 5.74) is 5.08. The molecule has 0 heteroatoms. The van der Waals surface area contributed by atoms with Crippen LogP contribution < -0.4 is 0 Å². The molecule has 0 N–H and O–H groups in total. The molecule has 72 valence electrons. The molecule has 0 aliphatic heterocycles. The van der Waals surface area contributed by atoms with E-state index in [1.165, 1.54) is 38.5 Å². The highest BCUT2D eigenvalue weighted by Gasteiger charge is 2.18. The van der Waals surface area contributed by atoms with Gasteiger partial charge in [0.05, 0.1) is 0 Å². The molecule has 1 saturated carbocycles. The number of hydrogen-bond acceptors (Lipinski definition) is 0. The lowest BCUT2D eigenvalue weighted by Gasteiger charge is -2.18. The zero-order valence-electron chi connectivity index (χ0n) is 8.90. The molecule has 1 atom stereocenters. The molecule has 0 heterocycles. The van der Waals surface area contributed by atoms with Crippen molar-refractivity contribution >= 4 is 0 Å². The summed E-state index contributed by atoms with van der Waals surface area (Å²) in [5, 5.41) is 0. The van der Waals surface area contributed by atoms with Crippen LogP contribution in [-0.4, -0.2) is 0 Å². The molecule has 0 bridgehead atoms. The Bertz CT molecular complexity index is 255. The van der Waals surface area contributed by atoms with Crippen molar-refractivity contribution in [3.8, 4) is 0 Å². The Labute approximate surface area is 81.7 Å². The molecule has 1 fully saturated rings. The molecule has 0 saturated heterocycles. The van der Waals surface area contributed by atoms with Crippen LogP contribution in [0.1, 0.15) is 52.4 Å². The van der Waals surface area contributed by atoms with Crippen molar-refractivity contribution in [3.05, 3.63) is 22.8 Å². The van der Waals surface area contributed by atoms with Gasteiger partial charge in [-0.25, -0.2) is 0 Å². The first-order valence-corrected chi connectivity index (χ1v) is 5.65. The Balaban J connectivity index is 2.26. The minimum Gasteiger partial charge on any atom is -0.0807 e. The molecule has 0 aromatic heterocycles. The second-order valence-electron chi connectivity index (χ2n) is 4.73. The lowest BCUT2D eigenvalue weighted by molar-refractivity contribution is 0.531. The van der Waals surface area contributed by atoms with Crippen LogP contribution in [0, 0.1) is 5.92 Å². The second kappa shape index (κ2) is 3.69. The molecule has 0 radical (unpaired) electrons. The summed E-state index contributed by atoms with van der Waals surface area (Å²) in [7, 11) is 0. The van der Waals surface area contributed by atoms with Crippen LogP contribution in [0.15, 0.2) is 22.8 Å². The van der Waals surface area contributed by atoms with Crippen LogP contribution in [0.25, 0.3) is 0 Å². The summed E-state index contributed by atoms with van der Waals surface area (Å²) >= 11 is 0. The fraction of sp³-hybridized carbons (Fsp3) is 0.692. The Kier molecular flexibility index (Phi) is 2.57. The Morgan fingerprint density at radius 1 is 1.31 bits per heavy atom. The van der Waals surface area contributed by atoms with Crippen molar-refractivity contribution in [3.63, 3.8) is 0 Å². The third kappa shape index (κ3) is 1.87. The largest absolute Gasteiger partial charge is 0.0807 e. The van der Waals surface area contributed by atoms with Gasteiger partial charge in [-0.05, 0) is 56.1 Å². The van der Waals surface area contributed by atoms with E-state index in [1.807, 2.05) is 0 Å².